The van der Waals surface area contributed by atoms with E-state index >= 15 is 0 Å². The third-order valence-electron chi connectivity index (χ3n) is 2.51. The fourth-order valence-corrected chi connectivity index (χ4v) is 1.71. The van der Waals surface area contributed by atoms with E-state index in [1.165, 1.54) is 5.56 Å². The topological polar surface area (TPSA) is 32.3 Å². The molecule has 0 spiro atoms. The number of carbonyl (C=O) groups is 1. The summed E-state index contributed by atoms with van der Waals surface area (Å²) in [6.45, 7) is 6.71. The van der Waals surface area contributed by atoms with Gasteiger partial charge in [0.1, 0.15) is 0 Å². The van der Waals surface area contributed by atoms with Crippen LogP contribution in [0.5, 0.6) is 0 Å². The Kier molecular flexibility index (Phi) is 6.01. The van der Waals surface area contributed by atoms with Crippen LogP contribution >= 0.6 is 11.6 Å². The SMILES string of the molecule is CCNC(=O)CN(CC)Cc1ccc(Cl)cc1. The molecule has 1 rings (SSSR count). The van der Waals surface area contributed by atoms with E-state index in [2.05, 4.69) is 17.1 Å². The molecule has 1 amide bonds. The van der Waals surface area contributed by atoms with Crippen LogP contribution in [0.25, 0.3) is 0 Å². The molecule has 1 aromatic rings. The van der Waals surface area contributed by atoms with Gasteiger partial charge >= 0.3 is 0 Å². The van der Waals surface area contributed by atoms with Crippen LogP contribution in [0.3, 0.4) is 0 Å². The second-order valence-corrected chi connectivity index (χ2v) is 4.32. The molecule has 0 bridgehead atoms. The quantitative estimate of drug-likeness (QED) is 0.845. The summed E-state index contributed by atoms with van der Waals surface area (Å²) in [6, 6.07) is 7.72. The molecule has 4 heteroatoms. The van der Waals surface area contributed by atoms with Crippen molar-refractivity contribution in [2.24, 2.45) is 0 Å². The Labute approximate surface area is 108 Å². The lowest BCUT2D eigenvalue weighted by Crippen LogP contribution is -2.36. The first kappa shape index (κ1) is 14.0. The monoisotopic (exact) mass is 254 g/mol. The summed E-state index contributed by atoms with van der Waals surface area (Å²) >= 11 is 5.83. The number of nitrogens with zero attached hydrogens (tertiary/aromatic N) is 1. The Bertz CT molecular complexity index is 351. The molecule has 1 aromatic carbocycles. The molecule has 3 nitrogen and oxygen atoms in total. The minimum absolute atomic E-state index is 0.0725. The average Bonchev–Trinajstić information content (AvgIpc) is 2.31. The van der Waals surface area contributed by atoms with Crippen molar-refractivity contribution in [2.45, 2.75) is 20.4 Å². The zero-order valence-corrected chi connectivity index (χ0v) is 11.1. The zero-order chi connectivity index (χ0) is 12.7. The van der Waals surface area contributed by atoms with Crippen molar-refractivity contribution in [3.05, 3.63) is 34.9 Å². The van der Waals surface area contributed by atoms with Gasteiger partial charge in [-0.15, -0.1) is 0 Å². The van der Waals surface area contributed by atoms with Crippen molar-refractivity contribution in [2.75, 3.05) is 19.6 Å². The van der Waals surface area contributed by atoms with E-state index < -0.39 is 0 Å². The van der Waals surface area contributed by atoms with Crippen molar-refractivity contribution in [3.63, 3.8) is 0 Å². The highest BCUT2D eigenvalue weighted by Crippen LogP contribution is 2.11. The predicted molar refractivity (Wildman–Crippen MR) is 71.1 cm³/mol. The number of hydrogen-bond acceptors (Lipinski definition) is 2. The van der Waals surface area contributed by atoms with Gasteiger partial charge in [-0.05, 0) is 31.2 Å². The molecule has 0 aliphatic carbocycles. The minimum atomic E-state index is 0.0725. The van der Waals surface area contributed by atoms with Crippen LogP contribution in [0.1, 0.15) is 19.4 Å². The summed E-state index contributed by atoms with van der Waals surface area (Å²) < 4.78 is 0. The average molecular weight is 255 g/mol. The number of nitrogens with one attached hydrogen (secondary N) is 1. The van der Waals surface area contributed by atoms with Crippen molar-refractivity contribution < 1.29 is 4.79 Å². The first-order valence-electron chi connectivity index (χ1n) is 5.89. The molecule has 0 atom stereocenters. The molecule has 0 unspecified atom stereocenters. The second-order valence-electron chi connectivity index (χ2n) is 3.88. The molecule has 0 aliphatic rings. The molecule has 0 fully saturated rings. The first-order valence-corrected chi connectivity index (χ1v) is 6.27. The Morgan fingerprint density at radius 2 is 1.94 bits per heavy atom. The Balaban J connectivity index is 2.51. The lowest BCUT2D eigenvalue weighted by atomic mass is 10.2. The molecule has 1 N–H and O–H groups in total. The van der Waals surface area contributed by atoms with Gasteiger partial charge in [-0.2, -0.15) is 0 Å². The number of likely N-dealkylation sites (N-methyl/N-ethyl adjacent to an activating group) is 2. The lowest BCUT2D eigenvalue weighted by Gasteiger charge is -2.19. The van der Waals surface area contributed by atoms with Crippen LogP contribution in [0, 0.1) is 0 Å². The minimum Gasteiger partial charge on any atom is -0.355 e. The highest BCUT2D eigenvalue weighted by Gasteiger charge is 2.08. The Morgan fingerprint density at radius 3 is 2.47 bits per heavy atom. The number of hydrogen-bond donors (Lipinski definition) is 1. The van der Waals surface area contributed by atoms with Gasteiger partial charge in [-0.1, -0.05) is 30.7 Å². The third-order valence-corrected chi connectivity index (χ3v) is 2.76. The molecule has 0 radical (unpaired) electrons. The maximum atomic E-state index is 11.5. The molecule has 0 aliphatic heterocycles. The fourth-order valence-electron chi connectivity index (χ4n) is 1.58. The Morgan fingerprint density at radius 1 is 1.29 bits per heavy atom. The number of halogens is 1. The lowest BCUT2D eigenvalue weighted by molar-refractivity contribution is -0.122. The van der Waals surface area contributed by atoms with Crippen molar-refractivity contribution >= 4 is 17.5 Å². The van der Waals surface area contributed by atoms with Gasteiger partial charge in [0.05, 0.1) is 6.54 Å². The van der Waals surface area contributed by atoms with Crippen LogP contribution in [0.15, 0.2) is 24.3 Å². The van der Waals surface area contributed by atoms with Gasteiger partial charge < -0.3 is 5.32 Å². The van der Waals surface area contributed by atoms with Gasteiger partial charge in [0, 0.05) is 18.1 Å². The van der Waals surface area contributed by atoms with E-state index in [0.717, 1.165) is 18.1 Å². The van der Waals surface area contributed by atoms with Crippen LogP contribution < -0.4 is 5.32 Å². The van der Waals surface area contributed by atoms with Gasteiger partial charge in [-0.3, -0.25) is 9.69 Å². The third kappa shape index (κ3) is 5.20. The number of amides is 1. The summed E-state index contributed by atoms with van der Waals surface area (Å²) in [7, 11) is 0. The summed E-state index contributed by atoms with van der Waals surface area (Å²) in [4.78, 5) is 13.6. The molecule has 94 valence electrons. The van der Waals surface area contributed by atoms with Crippen molar-refractivity contribution in [1.29, 1.82) is 0 Å². The van der Waals surface area contributed by atoms with Crippen LogP contribution in [0.2, 0.25) is 5.02 Å². The van der Waals surface area contributed by atoms with Gasteiger partial charge in [0.25, 0.3) is 0 Å². The van der Waals surface area contributed by atoms with E-state index in [-0.39, 0.29) is 5.91 Å². The molecule has 17 heavy (non-hydrogen) atoms. The number of benzene rings is 1. The number of rotatable bonds is 6. The van der Waals surface area contributed by atoms with E-state index in [0.29, 0.717) is 13.1 Å². The van der Waals surface area contributed by atoms with Gasteiger partial charge in [0.2, 0.25) is 5.91 Å². The highest BCUT2D eigenvalue weighted by atomic mass is 35.5. The van der Waals surface area contributed by atoms with E-state index in [1.807, 2.05) is 31.2 Å². The predicted octanol–water partition coefficient (Wildman–Crippen LogP) is 2.30. The molecular weight excluding hydrogens is 236 g/mol. The van der Waals surface area contributed by atoms with Crippen molar-refractivity contribution in [1.82, 2.24) is 10.2 Å². The van der Waals surface area contributed by atoms with Gasteiger partial charge in [-0.25, -0.2) is 0 Å². The van der Waals surface area contributed by atoms with Crippen LogP contribution in [0.4, 0.5) is 0 Å². The van der Waals surface area contributed by atoms with E-state index in [1.54, 1.807) is 0 Å². The highest BCUT2D eigenvalue weighted by molar-refractivity contribution is 6.30. The normalized spacial score (nSPS) is 10.6. The maximum Gasteiger partial charge on any atom is 0.234 e. The number of carbonyl (C=O) groups excluding carboxylic acids is 1. The summed E-state index contributed by atoms with van der Waals surface area (Å²) in [5.74, 6) is 0.0725. The molecule has 0 saturated carbocycles. The fraction of sp³-hybridized carbons (Fsp3) is 0.462. The van der Waals surface area contributed by atoms with E-state index in [9.17, 15) is 4.79 Å². The zero-order valence-electron chi connectivity index (χ0n) is 10.4. The molecular formula is C13H19ClN2O. The molecule has 0 aromatic heterocycles. The summed E-state index contributed by atoms with van der Waals surface area (Å²) in [5.41, 5.74) is 1.17. The van der Waals surface area contributed by atoms with Gasteiger partial charge in [0.15, 0.2) is 0 Å². The molecule has 0 heterocycles. The molecule has 0 saturated heterocycles. The Hall–Kier alpha value is -1.06. The maximum absolute atomic E-state index is 11.5. The van der Waals surface area contributed by atoms with Crippen molar-refractivity contribution in [3.8, 4) is 0 Å². The smallest absolute Gasteiger partial charge is 0.234 e. The standard InChI is InChI=1S/C13H19ClN2O/c1-3-15-13(17)10-16(4-2)9-11-5-7-12(14)8-6-11/h5-8H,3-4,9-10H2,1-2H3,(H,15,17). The van der Waals surface area contributed by atoms with E-state index in [4.69, 9.17) is 11.6 Å². The largest absolute Gasteiger partial charge is 0.355 e. The summed E-state index contributed by atoms with van der Waals surface area (Å²) in [5, 5.41) is 3.54. The second kappa shape index (κ2) is 7.30. The summed E-state index contributed by atoms with van der Waals surface area (Å²) in [6.07, 6.45) is 0. The van der Waals surface area contributed by atoms with Crippen LogP contribution in [-0.2, 0) is 11.3 Å². The van der Waals surface area contributed by atoms with Crippen LogP contribution in [-0.4, -0.2) is 30.4 Å². The first-order chi connectivity index (χ1) is 8.15.